The van der Waals surface area contributed by atoms with Crippen LogP contribution in [0.2, 0.25) is 0 Å². The standard InChI is InChI=1S/C8H14N4O3S2/c9-5-7-6-10-11-8(7)17(14,15)12-1-3-16(13)4-2-12/h6H,1-5,9H2,(H,10,11). The molecule has 1 saturated heterocycles. The van der Waals surface area contributed by atoms with E-state index in [4.69, 9.17) is 5.73 Å². The summed E-state index contributed by atoms with van der Waals surface area (Å²) in [5, 5.41) is 6.22. The number of aromatic nitrogens is 2. The van der Waals surface area contributed by atoms with Crippen LogP contribution in [-0.4, -0.2) is 51.7 Å². The van der Waals surface area contributed by atoms with Gasteiger partial charge in [-0.3, -0.25) is 9.31 Å². The minimum atomic E-state index is -3.58. The first kappa shape index (κ1) is 12.7. The topological polar surface area (TPSA) is 109 Å². The van der Waals surface area contributed by atoms with Gasteiger partial charge in [-0.1, -0.05) is 0 Å². The number of rotatable bonds is 3. The molecule has 17 heavy (non-hydrogen) atoms. The van der Waals surface area contributed by atoms with Crippen LogP contribution in [0.3, 0.4) is 0 Å². The third kappa shape index (κ3) is 2.41. The third-order valence-corrected chi connectivity index (χ3v) is 5.82. The fourth-order valence-corrected chi connectivity index (χ4v) is 4.50. The zero-order valence-corrected chi connectivity index (χ0v) is 10.8. The van der Waals surface area contributed by atoms with Crippen molar-refractivity contribution in [2.24, 2.45) is 5.73 Å². The van der Waals surface area contributed by atoms with Crippen LogP contribution in [0.1, 0.15) is 5.56 Å². The van der Waals surface area contributed by atoms with Crippen molar-refractivity contribution in [2.75, 3.05) is 24.6 Å². The fraction of sp³-hybridized carbons (Fsp3) is 0.625. The van der Waals surface area contributed by atoms with Crippen LogP contribution >= 0.6 is 0 Å². The monoisotopic (exact) mass is 278 g/mol. The molecule has 0 unspecified atom stereocenters. The minimum absolute atomic E-state index is 0.0488. The molecule has 0 spiro atoms. The SMILES string of the molecule is NCc1cn[nH]c1S(=O)(=O)N1CCS(=O)CC1. The van der Waals surface area contributed by atoms with Crippen molar-refractivity contribution < 1.29 is 12.6 Å². The Morgan fingerprint density at radius 2 is 2.12 bits per heavy atom. The predicted octanol–water partition coefficient (Wildman–Crippen LogP) is -1.38. The number of nitrogens with two attached hydrogens (primary N) is 1. The molecule has 0 aromatic carbocycles. The lowest BCUT2D eigenvalue weighted by molar-refractivity contribution is 0.435. The van der Waals surface area contributed by atoms with E-state index in [1.165, 1.54) is 10.5 Å². The van der Waals surface area contributed by atoms with E-state index in [2.05, 4.69) is 10.2 Å². The molecule has 0 aliphatic carbocycles. The largest absolute Gasteiger partial charge is 0.326 e. The molecule has 1 fully saturated rings. The molecular formula is C8H14N4O3S2. The number of H-pyrrole nitrogens is 1. The van der Waals surface area contributed by atoms with Crippen LogP contribution in [0, 0.1) is 0 Å². The molecule has 7 nitrogen and oxygen atoms in total. The second kappa shape index (κ2) is 4.84. The number of sulfonamides is 1. The highest BCUT2D eigenvalue weighted by Crippen LogP contribution is 2.18. The molecule has 1 aromatic heterocycles. The van der Waals surface area contributed by atoms with Crippen LogP contribution < -0.4 is 5.73 Å². The summed E-state index contributed by atoms with van der Waals surface area (Å²) in [4.78, 5) is 0. The average Bonchev–Trinajstić information content (AvgIpc) is 2.78. The molecule has 0 bridgehead atoms. The van der Waals surface area contributed by atoms with Gasteiger partial charge in [0.2, 0.25) is 0 Å². The second-order valence-electron chi connectivity index (χ2n) is 3.68. The first-order valence-electron chi connectivity index (χ1n) is 5.13. The maximum atomic E-state index is 12.2. The summed E-state index contributed by atoms with van der Waals surface area (Å²) < 4.78 is 37.0. The van der Waals surface area contributed by atoms with Gasteiger partial charge in [-0.15, -0.1) is 0 Å². The van der Waals surface area contributed by atoms with E-state index in [-0.39, 0.29) is 24.7 Å². The van der Waals surface area contributed by atoms with E-state index < -0.39 is 20.8 Å². The Kier molecular flexibility index (Phi) is 3.61. The summed E-state index contributed by atoms with van der Waals surface area (Å²) in [5.41, 5.74) is 5.92. The van der Waals surface area contributed by atoms with Crippen molar-refractivity contribution in [3.05, 3.63) is 11.8 Å². The Morgan fingerprint density at radius 3 is 2.71 bits per heavy atom. The van der Waals surface area contributed by atoms with Crippen LogP contribution in [-0.2, 0) is 27.4 Å². The van der Waals surface area contributed by atoms with Gasteiger partial charge in [-0.25, -0.2) is 8.42 Å². The van der Waals surface area contributed by atoms with Crippen molar-refractivity contribution in [3.63, 3.8) is 0 Å². The van der Waals surface area contributed by atoms with Gasteiger partial charge < -0.3 is 5.73 Å². The molecule has 1 aliphatic rings. The first-order chi connectivity index (χ1) is 8.05. The number of hydrogen-bond acceptors (Lipinski definition) is 5. The molecule has 0 amide bonds. The predicted molar refractivity (Wildman–Crippen MR) is 63.1 cm³/mol. The van der Waals surface area contributed by atoms with Crippen molar-refractivity contribution in [1.82, 2.24) is 14.5 Å². The number of nitrogens with zero attached hydrogens (tertiary/aromatic N) is 2. The smallest absolute Gasteiger partial charge is 0.260 e. The summed E-state index contributed by atoms with van der Waals surface area (Å²) in [5.74, 6) is 0.761. The Hall–Kier alpha value is -0.770. The molecule has 9 heteroatoms. The summed E-state index contributed by atoms with van der Waals surface area (Å²) in [6.07, 6.45) is 1.41. The summed E-state index contributed by atoms with van der Waals surface area (Å²) in [6, 6.07) is 0. The van der Waals surface area contributed by atoms with Gasteiger partial charge in [0.05, 0.1) is 6.20 Å². The minimum Gasteiger partial charge on any atom is -0.326 e. The molecule has 2 rings (SSSR count). The Balaban J connectivity index is 2.27. The van der Waals surface area contributed by atoms with E-state index >= 15 is 0 Å². The van der Waals surface area contributed by atoms with Crippen molar-refractivity contribution >= 4 is 20.8 Å². The summed E-state index contributed by atoms with van der Waals surface area (Å²) in [6.45, 7) is 0.667. The number of nitrogens with one attached hydrogen (secondary N) is 1. The normalized spacial score (nSPS) is 19.6. The fourth-order valence-electron chi connectivity index (χ4n) is 1.66. The second-order valence-corrected chi connectivity index (χ2v) is 7.25. The van der Waals surface area contributed by atoms with Gasteiger partial charge in [-0.05, 0) is 0 Å². The zero-order valence-electron chi connectivity index (χ0n) is 9.13. The van der Waals surface area contributed by atoms with Gasteiger partial charge >= 0.3 is 0 Å². The van der Waals surface area contributed by atoms with E-state index in [1.54, 1.807) is 0 Å². The molecule has 2 heterocycles. The summed E-state index contributed by atoms with van der Waals surface area (Å²) in [7, 11) is -4.49. The Bertz CT molecular complexity index is 515. The molecule has 0 atom stereocenters. The average molecular weight is 278 g/mol. The maximum Gasteiger partial charge on any atom is 0.260 e. The number of hydrogen-bond donors (Lipinski definition) is 2. The molecular weight excluding hydrogens is 264 g/mol. The summed E-state index contributed by atoms with van der Waals surface area (Å²) >= 11 is 0. The molecule has 0 radical (unpaired) electrons. The van der Waals surface area contributed by atoms with Gasteiger partial charge in [0.25, 0.3) is 10.0 Å². The maximum absolute atomic E-state index is 12.2. The highest BCUT2D eigenvalue weighted by Gasteiger charge is 2.30. The molecule has 0 saturated carbocycles. The van der Waals surface area contributed by atoms with Crippen molar-refractivity contribution in [1.29, 1.82) is 0 Å². The lowest BCUT2D eigenvalue weighted by atomic mass is 10.4. The van der Waals surface area contributed by atoms with E-state index in [0.29, 0.717) is 17.1 Å². The highest BCUT2D eigenvalue weighted by molar-refractivity contribution is 7.89. The molecule has 3 N–H and O–H groups in total. The van der Waals surface area contributed by atoms with E-state index in [9.17, 15) is 12.6 Å². The first-order valence-corrected chi connectivity index (χ1v) is 8.06. The van der Waals surface area contributed by atoms with Crippen LogP contribution in [0.5, 0.6) is 0 Å². The van der Waals surface area contributed by atoms with E-state index in [1.807, 2.05) is 0 Å². The van der Waals surface area contributed by atoms with Gasteiger partial charge in [0.15, 0.2) is 5.03 Å². The van der Waals surface area contributed by atoms with Crippen LogP contribution in [0.15, 0.2) is 11.2 Å². The highest BCUT2D eigenvalue weighted by atomic mass is 32.2. The van der Waals surface area contributed by atoms with Crippen LogP contribution in [0.4, 0.5) is 0 Å². The Morgan fingerprint density at radius 1 is 1.47 bits per heavy atom. The molecule has 96 valence electrons. The van der Waals surface area contributed by atoms with Crippen molar-refractivity contribution in [3.8, 4) is 0 Å². The van der Waals surface area contributed by atoms with Gasteiger partial charge in [0, 0.05) is 47.5 Å². The Labute approximate surface area is 102 Å². The number of aromatic amines is 1. The molecule has 1 aliphatic heterocycles. The lowest BCUT2D eigenvalue weighted by Gasteiger charge is -2.25. The van der Waals surface area contributed by atoms with Crippen molar-refractivity contribution in [2.45, 2.75) is 11.6 Å². The van der Waals surface area contributed by atoms with Crippen LogP contribution in [0.25, 0.3) is 0 Å². The van der Waals surface area contributed by atoms with Gasteiger partial charge in [-0.2, -0.15) is 9.40 Å². The zero-order chi connectivity index (χ0) is 12.5. The quantitative estimate of drug-likeness (QED) is 0.708. The lowest BCUT2D eigenvalue weighted by Crippen LogP contribution is -2.42. The molecule has 1 aromatic rings. The van der Waals surface area contributed by atoms with E-state index in [0.717, 1.165) is 0 Å². The third-order valence-electron chi connectivity index (χ3n) is 2.63. The van der Waals surface area contributed by atoms with Gasteiger partial charge in [0.1, 0.15) is 0 Å².